The minimum atomic E-state index is -0.167. The molecule has 0 fully saturated rings. The maximum Gasteiger partial charge on any atom is 0.133 e. The van der Waals surface area contributed by atoms with Crippen LogP contribution >= 0.6 is 0 Å². The zero-order valence-electron chi connectivity index (χ0n) is 12.7. The van der Waals surface area contributed by atoms with Crippen molar-refractivity contribution < 1.29 is 9.13 Å². The van der Waals surface area contributed by atoms with E-state index in [1.54, 1.807) is 12.3 Å². The molecular weight excluding hydrogens is 267 g/mol. The van der Waals surface area contributed by atoms with Crippen molar-refractivity contribution in [3.8, 4) is 16.9 Å². The van der Waals surface area contributed by atoms with E-state index in [1.165, 1.54) is 6.07 Å². The molecule has 0 amide bonds. The Labute approximate surface area is 125 Å². The molecule has 1 N–H and O–H groups in total. The first-order valence-corrected chi connectivity index (χ1v) is 7.13. The van der Waals surface area contributed by atoms with Gasteiger partial charge in [0.15, 0.2) is 0 Å². The molecule has 112 valence electrons. The van der Waals surface area contributed by atoms with Gasteiger partial charge >= 0.3 is 0 Å². The van der Waals surface area contributed by atoms with E-state index in [2.05, 4.69) is 10.3 Å². The van der Waals surface area contributed by atoms with Gasteiger partial charge in [-0.3, -0.25) is 4.98 Å². The Kier molecular flexibility index (Phi) is 5.28. The summed E-state index contributed by atoms with van der Waals surface area (Å²) in [6.07, 6.45) is 3.39. The molecule has 2 heterocycles. The number of aromatic nitrogens is 1. The van der Waals surface area contributed by atoms with E-state index in [1.807, 2.05) is 33.2 Å². The number of hydrogen-bond donors (Lipinski definition) is 1. The van der Waals surface area contributed by atoms with E-state index in [0.717, 1.165) is 29.7 Å². The Bertz CT molecular complexity index is 614. The molecule has 0 atom stereocenters. The molecule has 1 aliphatic heterocycles. The van der Waals surface area contributed by atoms with Crippen LogP contribution in [0.1, 0.15) is 17.7 Å². The van der Waals surface area contributed by atoms with Crippen LogP contribution in [0.4, 0.5) is 4.39 Å². The van der Waals surface area contributed by atoms with Gasteiger partial charge in [-0.05, 0) is 63.7 Å². The highest BCUT2D eigenvalue weighted by atomic mass is 19.1. The Balaban J connectivity index is 0.000000497. The second-order valence-corrected chi connectivity index (χ2v) is 5.04. The number of aryl methyl sites for hydroxylation is 1. The van der Waals surface area contributed by atoms with Crippen LogP contribution in [-0.4, -0.2) is 25.7 Å². The van der Waals surface area contributed by atoms with E-state index in [9.17, 15) is 4.39 Å². The molecule has 2 aromatic rings. The van der Waals surface area contributed by atoms with E-state index >= 15 is 0 Å². The van der Waals surface area contributed by atoms with Crippen molar-refractivity contribution in [3.63, 3.8) is 0 Å². The lowest BCUT2D eigenvalue weighted by Crippen LogP contribution is -2.11. The highest BCUT2D eigenvalue weighted by Crippen LogP contribution is 2.37. The van der Waals surface area contributed by atoms with Crippen molar-refractivity contribution in [1.29, 1.82) is 0 Å². The maximum atomic E-state index is 13.8. The average Bonchev–Trinajstić information content (AvgIpc) is 2.49. The van der Waals surface area contributed by atoms with Gasteiger partial charge in [0.2, 0.25) is 0 Å². The normalized spacial score (nSPS) is 12.8. The number of rotatable bonds is 1. The summed E-state index contributed by atoms with van der Waals surface area (Å²) >= 11 is 0. The van der Waals surface area contributed by atoms with E-state index in [0.29, 0.717) is 17.9 Å². The lowest BCUT2D eigenvalue weighted by Gasteiger charge is -2.21. The first-order chi connectivity index (χ1) is 10.2. The molecule has 3 rings (SSSR count). The van der Waals surface area contributed by atoms with Gasteiger partial charge in [0.05, 0.1) is 6.61 Å². The van der Waals surface area contributed by atoms with Crippen LogP contribution in [0.25, 0.3) is 11.1 Å². The lowest BCUT2D eigenvalue weighted by molar-refractivity contribution is 0.285. The zero-order chi connectivity index (χ0) is 15.2. The SMILES string of the molecule is CNC.Cc1cc(-c2ccc(F)c3c2OCCC3)ccn1. The van der Waals surface area contributed by atoms with Crippen LogP contribution in [0.5, 0.6) is 5.75 Å². The predicted octanol–water partition coefficient (Wildman–Crippen LogP) is 3.36. The van der Waals surface area contributed by atoms with Gasteiger partial charge in [-0.25, -0.2) is 4.39 Å². The third kappa shape index (κ3) is 3.58. The van der Waals surface area contributed by atoms with Crippen LogP contribution in [0, 0.1) is 12.7 Å². The molecule has 0 unspecified atom stereocenters. The standard InChI is InChI=1S/C15H14FNO.C2H7N/c1-10-9-11(6-7-17-10)12-4-5-14(16)13-3-2-8-18-15(12)13;1-3-2/h4-7,9H,2-3,8H2,1H3;3H,1-2H3. The second kappa shape index (κ2) is 7.18. The Morgan fingerprint density at radius 2 is 2.00 bits per heavy atom. The molecule has 0 spiro atoms. The average molecular weight is 288 g/mol. The van der Waals surface area contributed by atoms with Crippen LogP contribution in [0.15, 0.2) is 30.5 Å². The minimum Gasteiger partial charge on any atom is -0.493 e. The molecule has 0 saturated carbocycles. The summed E-state index contributed by atoms with van der Waals surface area (Å²) in [7, 11) is 3.75. The van der Waals surface area contributed by atoms with Crippen molar-refractivity contribution in [1.82, 2.24) is 10.3 Å². The fourth-order valence-corrected chi connectivity index (χ4v) is 2.37. The molecule has 1 aromatic heterocycles. The zero-order valence-corrected chi connectivity index (χ0v) is 12.7. The number of hydrogen-bond acceptors (Lipinski definition) is 3. The van der Waals surface area contributed by atoms with Gasteiger partial charge in [0, 0.05) is 23.0 Å². The number of fused-ring (bicyclic) bond motifs is 1. The largest absolute Gasteiger partial charge is 0.493 e. The predicted molar refractivity (Wildman–Crippen MR) is 83.2 cm³/mol. The van der Waals surface area contributed by atoms with E-state index in [4.69, 9.17) is 4.74 Å². The molecule has 1 aliphatic rings. The number of nitrogens with zero attached hydrogens (tertiary/aromatic N) is 1. The number of halogens is 1. The molecule has 4 heteroatoms. The number of benzene rings is 1. The highest BCUT2D eigenvalue weighted by Gasteiger charge is 2.19. The third-order valence-electron chi connectivity index (χ3n) is 3.23. The molecule has 21 heavy (non-hydrogen) atoms. The summed E-state index contributed by atoms with van der Waals surface area (Å²) in [6, 6.07) is 7.23. The summed E-state index contributed by atoms with van der Waals surface area (Å²) < 4.78 is 19.4. The van der Waals surface area contributed by atoms with E-state index in [-0.39, 0.29) is 5.82 Å². The quantitative estimate of drug-likeness (QED) is 0.873. The molecular formula is C17H21FN2O. The van der Waals surface area contributed by atoms with E-state index < -0.39 is 0 Å². The molecule has 0 saturated heterocycles. The topological polar surface area (TPSA) is 34.1 Å². The lowest BCUT2D eigenvalue weighted by atomic mass is 9.97. The number of ether oxygens (including phenoxy) is 1. The summed E-state index contributed by atoms with van der Waals surface area (Å²) in [4.78, 5) is 4.18. The van der Waals surface area contributed by atoms with Gasteiger partial charge in [-0.2, -0.15) is 0 Å². The van der Waals surface area contributed by atoms with Gasteiger partial charge in [0.1, 0.15) is 11.6 Å². The van der Waals surface area contributed by atoms with Crippen molar-refractivity contribution in [2.75, 3.05) is 20.7 Å². The molecule has 0 bridgehead atoms. The summed E-state index contributed by atoms with van der Waals surface area (Å²) in [5, 5.41) is 2.75. The smallest absolute Gasteiger partial charge is 0.133 e. The van der Waals surface area contributed by atoms with Crippen molar-refractivity contribution >= 4 is 0 Å². The molecule has 0 aliphatic carbocycles. The minimum absolute atomic E-state index is 0.167. The van der Waals surface area contributed by atoms with Gasteiger partial charge in [-0.1, -0.05) is 0 Å². The van der Waals surface area contributed by atoms with Gasteiger partial charge in [-0.15, -0.1) is 0 Å². The van der Waals surface area contributed by atoms with Crippen LogP contribution in [0.2, 0.25) is 0 Å². The Hall–Kier alpha value is -1.94. The molecule has 1 aromatic carbocycles. The Morgan fingerprint density at radius 3 is 2.71 bits per heavy atom. The van der Waals surface area contributed by atoms with Crippen molar-refractivity contribution in [2.24, 2.45) is 0 Å². The van der Waals surface area contributed by atoms with Crippen molar-refractivity contribution in [2.45, 2.75) is 19.8 Å². The fourth-order valence-electron chi connectivity index (χ4n) is 2.37. The molecule has 3 nitrogen and oxygen atoms in total. The Morgan fingerprint density at radius 1 is 1.24 bits per heavy atom. The summed E-state index contributed by atoms with van der Waals surface area (Å²) in [5.74, 6) is 0.533. The third-order valence-corrected chi connectivity index (χ3v) is 3.23. The number of pyridine rings is 1. The maximum absolute atomic E-state index is 13.8. The second-order valence-electron chi connectivity index (χ2n) is 5.04. The monoisotopic (exact) mass is 288 g/mol. The van der Waals surface area contributed by atoms with Crippen LogP contribution in [-0.2, 0) is 6.42 Å². The summed E-state index contributed by atoms with van der Waals surface area (Å²) in [5.41, 5.74) is 3.63. The van der Waals surface area contributed by atoms with Gasteiger partial charge in [0.25, 0.3) is 0 Å². The van der Waals surface area contributed by atoms with Crippen LogP contribution < -0.4 is 10.1 Å². The van der Waals surface area contributed by atoms with Crippen molar-refractivity contribution in [3.05, 3.63) is 47.5 Å². The summed E-state index contributed by atoms with van der Waals surface area (Å²) in [6.45, 7) is 2.61. The van der Waals surface area contributed by atoms with Gasteiger partial charge < -0.3 is 10.1 Å². The highest BCUT2D eigenvalue weighted by molar-refractivity contribution is 5.72. The number of nitrogens with one attached hydrogen (secondary N) is 1. The fraction of sp³-hybridized carbons (Fsp3) is 0.353. The van der Waals surface area contributed by atoms with Crippen LogP contribution in [0.3, 0.4) is 0 Å². The first kappa shape index (κ1) is 15.4. The first-order valence-electron chi connectivity index (χ1n) is 7.13. The molecule has 0 radical (unpaired) electrons.